The van der Waals surface area contributed by atoms with Crippen molar-refractivity contribution in [3.05, 3.63) is 34.7 Å². The first kappa shape index (κ1) is 14.5. The van der Waals surface area contributed by atoms with Crippen LogP contribution in [0, 0.1) is 0 Å². The van der Waals surface area contributed by atoms with Crippen molar-refractivity contribution in [2.75, 3.05) is 6.61 Å². The van der Waals surface area contributed by atoms with Crippen LogP contribution in [0.3, 0.4) is 0 Å². The number of carboxylic acids is 1. The SMILES string of the molecule is CCCCC1COC(CC(=O)O)c2sc3ccccc3c21. The molecule has 0 saturated heterocycles. The van der Waals surface area contributed by atoms with E-state index in [0.717, 1.165) is 11.3 Å². The van der Waals surface area contributed by atoms with Crippen LogP contribution >= 0.6 is 11.3 Å². The number of aliphatic carboxylic acids is 1. The molecule has 0 fully saturated rings. The third kappa shape index (κ3) is 2.83. The van der Waals surface area contributed by atoms with E-state index in [1.54, 1.807) is 11.3 Å². The lowest BCUT2D eigenvalue weighted by atomic mass is 9.88. The molecule has 0 spiro atoms. The lowest BCUT2D eigenvalue weighted by Crippen LogP contribution is -2.21. The first-order valence-electron chi connectivity index (χ1n) is 7.55. The van der Waals surface area contributed by atoms with Crippen molar-refractivity contribution < 1.29 is 14.6 Å². The third-order valence-corrected chi connectivity index (χ3v) is 5.41. The lowest BCUT2D eigenvalue weighted by molar-refractivity contribution is -0.140. The molecule has 21 heavy (non-hydrogen) atoms. The molecule has 2 heterocycles. The number of hydrogen-bond acceptors (Lipinski definition) is 3. The van der Waals surface area contributed by atoms with Gasteiger partial charge in [0.2, 0.25) is 0 Å². The highest BCUT2D eigenvalue weighted by Crippen LogP contribution is 2.46. The van der Waals surface area contributed by atoms with Crippen LogP contribution < -0.4 is 0 Å². The van der Waals surface area contributed by atoms with Gasteiger partial charge in [0.1, 0.15) is 6.10 Å². The Balaban J connectivity index is 2.04. The van der Waals surface area contributed by atoms with Crippen LogP contribution in [0.2, 0.25) is 0 Å². The maximum Gasteiger partial charge on any atom is 0.306 e. The zero-order chi connectivity index (χ0) is 14.8. The molecule has 1 aliphatic rings. The quantitative estimate of drug-likeness (QED) is 0.869. The largest absolute Gasteiger partial charge is 0.481 e. The molecule has 1 N–H and O–H groups in total. The molecule has 2 atom stereocenters. The molecule has 0 saturated carbocycles. The minimum absolute atomic E-state index is 0.0559. The first-order chi connectivity index (χ1) is 10.2. The Bertz CT molecular complexity index is 647. The van der Waals surface area contributed by atoms with Crippen LogP contribution in [0.15, 0.2) is 24.3 Å². The van der Waals surface area contributed by atoms with Crippen LogP contribution in [-0.4, -0.2) is 17.7 Å². The van der Waals surface area contributed by atoms with Crippen molar-refractivity contribution in [2.45, 2.75) is 44.6 Å². The van der Waals surface area contributed by atoms with Gasteiger partial charge >= 0.3 is 5.97 Å². The smallest absolute Gasteiger partial charge is 0.306 e. The van der Waals surface area contributed by atoms with Gasteiger partial charge in [-0.2, -0.15) is 0 Å². The number of benzene rings is 1. The third-order valence-electron chi connectivity index (χ3n) is 4.13. The topological polar surface area (TPSA) is 46.5 Å². The fourth-order valence-corrected chi connectivity index (χ4v) is 4.47. The Hall–Kier alpha value is -1.39. The summed E-state index contributed by atoms with van der Waals surface area (Å²) in [6.07, 6.45) is 3.24. The molecule has 112 valence electrons. The van der Waals surface area contributed by atoms with Crippen LogP contribution in [-0.2, 0) is 9.53 Å². The predicted molar refractivity (Wildman–Crippen MR) is 85.0 cm³/mol. The molecular weight excluding hydrogens is 284 g/mol. The van der Waals surface area contributed by atoms with Gasteiger partial charge < -0.3 is 9.84 Å². The number of carbonyl (C=O) groups is 1. The van der Waals surface area contributed by atoms with E-state index in [1.165, 1.54) is 28.5 Å². The summed E-state index contributed by atoms with van der Waals surface area (Å²) in [6, 6.07) is 8.38. The van der Waals surface area contributed by atoms with E-state index < -0.39 is 5.97 Å². The molecule has 0 aliphatic carbocycles. The molecule has 3 rings (SSSR count). The Morgan fingerprint density at radius 2 is 2.24 bits per heavy atom. The Kier molecular flexibility index (Phi) is 4.27. The summed E-state index contributed by atoms with van der Waals surface area (Å²) in [6.45, 7) is 2.84. The highest BCUT2D eigenvalue weighted by molar-refractivity contribution is 7.19. The number of unbranched alkanes of at least 4 members (excludes halogenated alkanes) is 1. The highest BCUT2D eigenvalue weighted by atomic mass is 32.1. The molecule has 2 aromatic rings. The maximum absolute atomic E-state index is 11.1. The van der Waals surface area contributed by atoms with Gasteiger partial charge in [-0.1, -0.05) is 38.0 Å². The van der Waals surface area contributed by atoms with Crippen molar-refractivity contribution in [1.29, 1.82) is 0 Å². The van der Waals surface area contributed by atoms with E-state index in [9.17, 15) is 4.79 Å². The van der Waals surface area contributed by atoms with E-state index in [-0.39, 0.29) is 12.5 Å². The van der Waals surface area contributed by atoms with E-state index in [2.05, 4.69) is 25.1 Å². The van der Waals surface area contributed by atoms with Gasteiger partial charge in [-0.15, -0.1) is 11.3 Å². The van der Waals surface area contributed by atoms with Gasteiger partial charge in [-0.05, 0) is 23.4 Å². The molecule has 3 nitrogen and oxygen atoms in total. The second kappa shape index (κ2) is 6.16. The molecule has 4 heteroatoms. The number of carboxylic acid groups (broad SMARTS) is 1. The molecule has 1 aromatic heterocycles. The molecule has 0 radical (unpaired) electrons. The van der Waals surface area contributed by atoms with Crippen molar-refractivity contribution in [3.63, 3.8) is 0 Å². The summed E-state index contributed by atoms with van der Waals surface area (Å²) in [5.41, 5.74) is 1.35. The monoisotopic (exact) mass is 304 g/mol. The number of fused-ring (bicyclic) bond motifs is 3. The van der Waals surface area contributed by atoms with Crippen LogP contribution in [0.4, 0.5) is 0 Å². The molecule has 2 unspecified atom stereocenters. The van der Waals surface area contributed by atoms with Gasteiger partial charge in [0, 0.05) is 15.5 Å². The van der Waals surface area contributed by atoms with Crippen molar-refractivity contribution in [3.8, 4) is 0 Å². The average molecular weight is 304 g/mol. The summed E-state index contributed by atoms with van der Waals surface area (Å²) in [7, 11) is 0. The molecule has 0 bridgehead atoms. The number of thiophene rings is 1. The number of rotatable bonds is 5. The van der Waals surface area contributed by atoms with E-state index in [0.29, 0.717) is 12.5 Å². The van der Waals surface area contributed by atoms with Crippen LogP contribution in [0.5, 0.6) is 0 Å². The van der Waals surface area contributed by atoms with Gasteiger partial charge in [-0.25, -0.2) is 0 Å². The second-order valence-corrected chi connectivity index (χ2v) is 6.72. The van der Waals surface area contributed by atoms with E-state index >= 15 is 0 Å². The van der Waals surface area contributed by atoms with Crippen molar-refractivity contribution in [1.82, 2.24) is 0 Å². The Morgan fingerprint density at radius 3 is 3.00 bits per heavy atom. The summed E-state index contributed by atoms with van der Waals surface area (Å²) in [4.78, 5) is 12.2. The molecule has 0 amide bonds. The summed E-state index contributed by atoms with van der Waals surface area (Å²) < 4.78 is 7.12. The normalized spacial score (nSPS) is 21.4. The van der Waals surface area contributed by atoms with Crippen molar-refractivity contribution >= 4 is 27.4 Å². The maximum atomic E-state index is 11.1. The zero-order valence-corrected chi connectivity index (χ0v) is 13.0. The summed E-state index contributed by atoms with van der Waals surface area (Å²) >= 11 is 1.70. The minimum Gasteiger partial charge on any atom is -0.481 e. The summed E-state index contributed by atoms with van der Waals surface area (Å²) in [5.74, 6) is -0.392. The lowest BCUT2D eigenvalue weighted by Gasteiger charge is -2.29. The van der Waals surface area contributed by atoms with E-state index in [4.69, 9.17) is 9.84 Å². The van der Waals surface area contributed by atoms with Crippen LogP contribution in [0.1, 0.15) is 55.1 Å². The molecular formula is C17H20O3S. The molecule has 1 aromatic carbocycles. The Labute approximate surface area is 128 Å². The Morgan fingerprint density at radius 1 is 1.43 bits per heavy atom. The number of ether oxygens (including phenoxy) is 1. The number of hydrogen-bond donors (Lipinski definition) is 1. The predicted octanol–water partition coefficient (Wildman–Crippen LogP) is 4.72. The standard InChI is InChI=1S/C17H20O3S/c1-2-3-6-11-10-20-13(9-15(18)19)17-16(11)12-7-4-5-8-14(12)21-17/h4-5,7-8,11,13H,2-3,6,9-10H2,1H3,(H,18,19). The van der Waals surface area contributed by atoms with Gasteiger partial charge in [0.05, 0.1) is 13.0 Å². The summed E-state index contributed by atoms with van der Waals surface area (Å²) in [5, 5.41) is 10.4. The zero-order valence-electron chi connectivity index (χ0n) is 12.2. The fourth-order valence-electron chi connectivity index (χ4n) is 3.12. The van der Waals surface area contributed by atoms with Crippen LogP contribution in [0.25, 0.3) is 10.1 Å². The minimum atomic E-state index is -0.796. The second-order valence-electron chi connectivity index (χ2n) is 5.64. The van der Waals surface area contributed by atoms with Gasteiger partial charge in [0.15, 0.2) is 0 Å². The van der Waals surface area contributed by atoms with Crippen molar-refractivity contribution in [2.24, 2.45) is 0 Å². The van der Waals surface area contributed by atoms with Gasteiger partial charge in [0.25, 0.3) is 0 Å². The first-order valence-corrected chi connectivity index (χ1v) is 8.37. The average Bonchev–Trinajstić information content (AvgIpc) is 2.86. The molecule has 1 aliphatic heterocycles. The van der Waals surface area contributed by atoms with Gasteiger partial charge in [-0.3, -0.25) is 4.79 Å². The van der Waals surface area contributed by atoms with E-state index in [1.807, 2.05) is 6.07 Å². The fraction of sp³-hybridized carbons (Fsp3) is 0.471. The highest BCUT2D eigenvalue weighted by Gasteiger charge is 2.32.